The summed E-state index contributed by atoms with van der Waals surface area (Å²) in [5.41, 5.74) is 2.74. The second-order valence-electron chi connectivity index (χ2n) is 6.14. The van der Waals surface area contributed by atoms with Crippen molar-refractivity contribution in [1.29, 1.82) is 0 Å². The molecule has 1 atom stereocenters. The van der Waals surface area contributed by atoms with E-state index in [1.165, 1.54) is 12.1 Å². The van der Waals surface area contributed by atoms with Crippen molar-refractivity contribution < 1.29 is 4.39 Å². The van der Waals surface area contributed by atoms with Crippen LogP contribution in [0.5, 0.6) is 0 Å². The number of nitrogens with one attached hydrogen (secondary N) is 1. The molecule has 1 aliphatic heterocycles. The molecule has 1 unspecified atom stereocenters. The van der Waals surface area contributed by atoms with Crippen molar-refractivity contribution in [3.63, 3.8) is 0 Å². The topological polar surface area (TPSA) is 28.2 Å². The highest BCUT2D eigenvalue weighted by Crippen LogP contribution is 2.31. The highest BCUT2D eigenvalue weighted by atomic mass is 32.1. The summed E-state index contributed by atoms with van der Waals surface area (Å²) in [6.45, 7) is 1.63. The Hall–Kier alpha value is -2.89. The Morgan fingerprint density at radius 3 is 2.92 bits per heavy atom. The van der Waals surface area contributed by atoms with Gasteiger partial charge in [0.15, 0.2) is 0 Å². The van der Waals surface area contributed by atoms with E-state index < -0.39 is 0 Å². The number of rotatable bonds is 3. The van der Waals surface area contributed by atoms with Crippen LogP contribution >= 0.6 is 12.2 Å². The van der Waals surface area contributed by atoms with Gasteiger partial charge in [0, 0.05) is 30.8 Å². The third kappa shape index (κ3) is 4.02. The molecule has 0 saturated carbocycles. The van der Waals surface area contributed by atoms with Gasteiger partial charge in [0.1, 0.15) is 16.5 Å². The van der Waals surface area contributed by atoms with Crippen molar-refractivity contribution >= 4 is 28.6 Å². The van der Waals surface area contributed by atoms with Crippen LogP contribution in [0.4, 0.5) is 15.8 Å². The SMILES string of the molecule is C#Cc1cc(C(=S)Nc2cc(F)ccc2N2CCCC(C#C)C2)ccn1. The summed E-state index contributed by atoms with van der Waals surface area (Å²) in [4.78, 5) is 6.70. The maximum Gasteiger partial charge on any atom is 0.125 e. The number of hydrogen-bond acceptors (Lipinski definition) is 3. The first kappa shape index (κ1) is 17.9. The number of nitrogens with zero attached hydrogens (tertiary/aromatic N) is 2. The number of pyridine rings is 1. The standard InChI is InChI=1S/C21H18FN3S/c1-3-15-6-5-11-25(14-15)20-8-7-17(22)13-19(20)24-21(26)16-9-10-23-18(4-2)12-16/h1-2,7-10,12-13,15H,5-6,11,14H2,(H,24,26). The van der Waals surface area contributed by atoms with Crippen LogP contribution in [-0.2, 0) is 0 Å². The molecular weight excluding hydrogens is 345 g/mol. The summed E-state index contributed by atoms with van der Waals surface area (Å²) in [6.07, 6.45) is 14.6. The predicted molar refractivity (Wildman–Crippen MR) is 108 cm³/mol. The molecule has 2 aromatic rings. The van der Waals surface area contributed by atoms with Crippen molar-refractivity contribution in [2.24, 2.45) is 5.92 Å². The van der Waals surface area contributed by atoms with Gasteiger partial charge in [-0.2, -0.15) is 0 Å². The minimum atomic E-state index is -0.330. The first-order chi connectivity index (χ1) is 12.6. The van der Waals surface area contributed by atoms with Gasteiger partial charge in [-0.15, -0.1) is 18.8 Å². The summed E-state index contributed by atoms with van der Waals surface area (Å²) in [5.74, 6) is 5.18. The van der Waals surface area contributed by atoms with Crippen LogP contribution in [0.15, 0.2) is 36.5 Å². The van der Waals surface area contributed by atoms with E-state index in [0.717, 1.165) is 37.2 Å². The van der Waals surface area contributed by atoms with E-state index in [0.29, 0.717) is 16.4 Å². The molecule has 130 valence electrons. The quantitative estimate of drug-likeness (QED) is 0.663. The number of terminal acetylenes is 2. The summed E-state index contributed by atoms with van der Waals surface area (Å²) >= 11 is 5.48. The van der Waals surface area contributed by atoms with E-state index in [4.69, 9.17) is 25.1 Å². The second-order valence-corrected chi connectivity index (χ2v) is 6.55. The number of piperidine rings is 1. The smallest absolute Gasteiger partial charge is 0.125 e. The van der Waals surface area contributed by atoms with E-state index in [-0.39, 0.29) is 11.7 Å². The Bertz CT molecular complexity index is 910. The first-order valence-electron chi connectivity index (χ1n) is 8.35. The normalized spacial score (nSPS) is 16.4. The fourth-order valence-electron chi connectivity index (χ4n) is 3.06. The average molecular weight is 363 g/mol. The van der Waals surface area contributed by atoms with Crippen LogP contribution in [-0.4, -0.2) is 23.1 Å². The highest BCUT2D eigenvalue weighted by Gasteiger charge is 2.21. The summed E-state index contributed by atoms with van der Waals surface area (Å²) < 4.78 is 13.9. The van der Waals surface area contributed by atoms with Gasteiger partial charge in [0.25, 0.3) is 0 Å². The van der Waals surface area contributed by atoms with Crippen molar-refractivity contribution in [3.8, 4) is 24.7 Å². The number of benzene rings is 1. The van der Waals surface area contributed by atoms with Gasteiger partial charge in [0.05, 0.1) is 11.4 Å². The number of aromatic nitrogens is 1. The Kier molecular flexibility index (Phi) is 5.51. The fourth-order valence-corrected chi connectivity index (χ4v) is 3.30. The zero-order valence-corrected chi connectivity index (χ0v) is 15.0. The molecule has 2 heterocycles. The van der Waals surface area contributed by atoms with Crippen molar-refractivity contribution in [2.75, 3.05) is 23.3 Å². The molecule has 1 N–H and O–H groups in total. The molecule has 1 aromatic carbocycles. The number of halogens is 1. The third-order valence-electron chi connectivity index (χ3n) is 4.37. The minimum absolute atomic E-state index is 0.201. The maximum atomic E-state index is 13.9. The summed E-state index contributed by atoms with van der Waals surface area (Å²) in [5, 5.41) is 3.15. The van der Waals surface area contributed by atoms with Gasteiger partial charge >= 0.3 is 0 Å². The molecule has 1 aliphatic rings. The Balaban J connectivity index is 1.87. The van der Waals surface area contributed by atoms with E-state index in [1.807, 2.05) is 0 Å². The van der Waals surface area contributed by atoms with Crippen LogP contribution in [0, 0.1) is 36.4 Å². The van der Waals surface area contributed by atoms with Gasteiger partial charge in [-0.3, -0.25) is 0 Å². The molecule has 1 aromatic heterocycles. The van der Waals surface area contributed by atoms with Crippen LogP contribution in [0.25, 0.3) is 0 Å². The van der Waals surface area contributed by atoms with Gasteiger partial charge in [0.2, 0.25) is 0 Å². The summed E-state index contributed by atoms with van der Waals surface area (Å²) in [6, 6.07) is 8.16. The molecule has 0 bridgehead atoms. The monoisotopic (exact) mass is 363 g/mol. The lowest BCUT2D eigenvalue weighted by Gasteiger charge is -2.33. The minimum Gasteiger partial charge on any atom is -0.369 e. The maximum absolute atomic E-state index is 13.9. The van der Waals surface area contributed by atoms with Gasteiger partial charge in [-0.05, 0) is 43.2 Å². The molecule has 5 heteroatoms. The largest absolute Gasteiger partial charge is 0.369 e. The molecule has 0 radical (unpaired) electrons. The highest BCUT2D eigenvalue weighted by molar-refractivity contribution is 7.81. The van der Waals surface area contributed by atoms with E-state index in [1.54, 1.807) is 24.4 Å². The predicted octanol–water partition coefficient (Wildman–Crippen LogP) is 3.84. The molecule has 1 fully saturated rings. The average Bonchev–Trinajstić information content (AvgIpc) is 2.68. The van der Waals surface area contributed by atoms with Crippen LogP contribution in [0.3, 0.4) is 0 Å². The number of hydrogen-bond donors (Lipinski definition) is 1. The molecule has 1 saturated heterocycles. The molecule has 0 spiro atoms. The van der Waals surface area contributed by atoms with Crippen molar-refractivity contribution in [1.82, 2.24) is 4.98 Å². The van der Waals surface area contributed by atoms with E-state index >= 15 is 0 Å². The zero-order chi connectivity index (χ0) is 18.5. The van der Waals surface area contributed by atoms with Crippen molar-refractivity contribution in [3.05, 3.63) is 53.6 Å². The first-order valence-corrected chi connectivity index (χ1v) is 8.76. The number of thiocarbonyl (C=S) groups is 1. The molecule has 26 heavy (non-hydrogen) atoms. The van der Waals surface area contributed by atoms with Gasteiger partial charge in [-0.1, -0.05) is 18.1 Å². The molecule has 0 amide bonds. The molecule has 3 nitrogen and oxygen atoms in total. The molecule has 3 rings (SSSR count). The third-order valence-corrected chi connectivity index (χ3v) is 4.71. The van der Waals surface area contributed by atoms with Gasteiger partial charge < -0.3 is 10.2 Å². The Labute approximate surface area is 158 Å². The van der Waals surface area contributed by atoms with E-state index in [2.05, 4.69) is 27.0 Å². The van der Waals surface area contributed by atoms with E-state index in [9.17, 15) is 4.39 Å². The summed E-state index contributed by atoms with van der Waals surface area (Å²) in [7, 11) is 0. The molecule has 0 aliphatic carbocycles. The van der Waals surface area contributed by atoms with Crippen LogP contribution in [0.2, 0.25) is 0 Å². The second kappa shape index (κ2) is 7.99. The number of anilines is 2. The lowest BCUT2D eigenvalue weighted by molar-refractivity contribution is 0.498. The zero-order valence-electron chi connectivity index (χ0n) is 14.2. The van der Waals surface area contributed by atoms with Crippen molar-refractivity contribution in [2.45, 2.75) is 12.8 Å². The fraction of sp³-hybridized carbons (Fsp3) is 0.238. The lowest BCUT2D eigenvalue weighted by atomic mass is 9.98. The molecular formula is C21H18FN3S. The Morgan fingerprint density at radius 2 is 2.15 bits per heavy atom. The van der Waals surface area contributed by atoms with Gasteiger partial charge in [-0.25, -0.2) is 9.37 Å². The lowest BCUT2D eigenvalue weighted by Crippen LogP contribution is -2.35. The van der Waals surface area contributed by atoms with Crippen LogP contribution in [0.1, 0.15) is 24.1 Å². The Morgan fingerprint density at radius 1 is 1.31 bits per heavy atom. The van der Waals surface area contributed by atoms with Crippen LogP contribution < -0.4 is 10.2 Å².